The van der Waals surface area contributed by atoms with Crippen LogP contribution in [0.1, 0.15) is 108 Å². The van der Waals surface area contributed by atoms with Crippen molar-refractivity contribution in [1.82, 2.24) is 10.2 Å². The summed E-state index contributed by atoms with van der Waals surface area (Å²) in [6, 6.07) is 0.806. The Bertz CT molecular complexity index is 1530. The van der Waals surface area contributed by atoms with E-state index in [4.69, 9.17) is 52.6 Å². The Morgan fingerprint density at radius 2 is 1.61 bits per heavy atom. The summed E-state index contributed by atoms with van der Waals surface area (Å²) in [4.78, 5) is 55.2. The number of hydrogen-bond acceptors (Lipinski definition) is 17. The topological polar surface area (TPSA) is 220 Å². The van der Waals surface area contributed by atoms with Crippen LogP contribution in [0.5, 0.6) is 0 Å². The number of rotatable bonds is 14. The molecule has 18 heteroatoms. The highest BCUT2D eigenvalue weighted by atomic mass is 16.7. The predicted molar refractivity (Wildman–Crippen MR) is 223 cm³/mol. The van der Waals surface area contributed by atoms with Gasteiger partial charge >= 0.3 is 11.9 Å². The summed E-state index contributed by atoms with van der Waals surface area (Å²) in [5.74, 6) is -4.38. The second-order valence-corrected chi connectivity index (χ2v) is 18.2. The Balaban J connectivity index is 2.30. The lowest BCUT2D eigenvalue weighted by atomic mass is 9.77. The third-order valence-electron chi connectivity index (χ3n) is 13.2. The molecule has 0 aromatic heterocycles. The molecule has 3 heterocycles. The van der Waals surface area contributed by atoms with Crippen molar-refractivity contribution in [2.24, 2.45) is 17.8 Å². The van der Waals surface area contributed by atoms with Crippen molar-refractivity contribution in [3.05, 3.63) is 0 Å². The number of methoxy groups -OCH3 is 2. The van der Waals surface area contributed by atoms with Gasteiger partial charge in [-0.1, -0.05) is 20.8 Å². The molecule has 3 fully saturated rings. The van der Waals surface area contributed by atoms with Crippen LogP contribution < -0.4 is 5.32 Å². The number of nitrogens with zero attached hydrogens (tertiary/aromatic N) is 2. The molecule has 0 aromatic rings. The van der Waals surface area contributed by atoms with E-state index in [-0.39, 0.29) is 50.9 Å². The van der Waals surface area contributed by atoms with Crippen LogP contribution in [0.2, 0.25) is 0 Å². The molecule has 0 bridgehead atoms. The van der Waals surface area contributed by atoms with Crippen LogP contribution in [0.25, 0.3) is 0 Å². The van der Waals surface area contributed by atoms with Crippen molar-refractivity contribution in [3.63, 3.8) is 0 Å². The highest BCUT2D eigenvalue weighted by molar-refractivity contribution is 5.78. The van der Waals surface area contributed by atoms with Crippen LogP contribution in [-0.4, -0.2) is 160 Å². The Labute approximate surface area is 368 Å². The van der Waals surface area contributed by atoms with Gasteiger partial charge in [-0.25, -0.2) is 0 Å². The smallest absolute Gasteiger partial charge is 0.311 e. The fourth-order valence-corrected chi connectivity index (χ4v) is 9.48. The summed E-state index contributed by atoms with van der Waals surface area (Å²) in [5, 5.41) is 23.8. The first-order valence-corrected chi connectivity index (χ1v) is 21.8. The molecule has 3 aliphatic rings. The SMILES string of the molecule is CC[C@H]1OC(=O)[C@H](C)[C@@H](O[C@H]2C[C@@](C)(OC)C(OCCC#N)[C@H](C)O2)[C@H](C)[C@@H](O[C@@H]2O[C@H](C)C[C@H](N(C)C)[C@H]2OC(C)=O)[C@](C)(OC)C[C@@H](C)C(=O)N[C@H](C)[C@@H](O)[C@]1(C)OC=O. The summed E-state index contributed by atoms with van der Waals surface area (Å²) >= 11 is 0. The number of nitriles is 1. The zero-order chi connectivity index (χ0) is 46.9. The van der Waals surface area contributed by atoms with E-state index in [2.05, 4.69) is 11.4 Å². The average Bonchev–Trinajstić information content (AvgIpc) is 3.21. The number of carbonyl (C=O) groups excluding carboxylic acids is 4. The van der Waals surface area contributed by atoms with Crippen LogP contribution in [-0.2, 0) is 66.5 Å². The number of esters is 2. The van der Waals surface area contributed by atoms with Crippen molar-refractivity contribution in [2.75, 3.05) is 34.9 Å². The van der Waals surface area contributed by atoms with Crippen LogP contribution in [0, 0.1) is 29.1 Å². The minimum Gasteiger partial charge on any atom is -0.458 e. The lowest BCUT2D eigenvalue weighted by Crippen LogP contribution is -2.61. The first-order valence-electron chi connectivity index (χ1n) is 21.8. The van der Waals surface area contributed by atoms with E-state index in [1.165, 1.54) is 21.0 Å². The van der Waals surface area contributed by atoms with Gasteiger partial charge in [-0.15, -0.1) is 0 Å². The fourth-order valence-electron chi connectivity index (χ4n) is 9.48. The Hall–Kier alpha value is -2.99. The number of aliphatic hydroxyl groups is 1. The summed E-state index contributed by atoms with van der Waals surface area (Å²) in [6.45, 7) is 18.9. The average molecular weight is 886 g/mol. The number of ether oxygens (including phenoxy) is 10. The molecule has 1 unspecified atom stereocenters. The maximum atomic E-state index is 14.6. The molecular formula is C44H75N3O15. The molecule has 2 N–H and O–H groups in total. The second kappa shape index (κ2) is 22.8. The van der Waals surface area contributed by atoms with Gasteiger partial charge in [-0.3, -0.25) is 19.2 Å². The highest BCUT2D eigenvalue weighted by Crippen LogP contribution is 2.42. The largest absolute Gasteiger partial charge is 0.458 e. The number of cyclic esters (lactones) is 1. The van der Waals surface area contributed by atoms with Gasteiger partial charge in [-0.2, -0.15) is 5.26 Å². The van der Waals surface area contributed by atoms with Gasteiger partial charge < -0.3 is 62.7 Å². The van der Waals surface area contributed by atoms with E-state index in [0.717, 1.165) is 0 Å². The zero-order valence-corrected chi connectivity index (χ0v) is 39.5. The van der Waals surface area contributed by atoms with E-state index in [0.29, 0.717) is 6.42 Å². The van der Waals surface area contributed by atoms with Crippen molar-refractivity contribution in [3.8, 4) is 6.07 Å². The molecule has 18 nitrogen and oxygen atoms in total. The van der Waals surface area contributed by atoms with Gasteiger partial charge in [0.2, 0.25) is 5.91 Å². The molecule has 18 atom stereocenters. The summed E-state index contributed by atoms with van der Waals surface area (Å²) < 4.78 is 63.0. The number of hydrogen-bond donors (Lipinski definition) is 2. The minimum absolute atomic E-state index is 0.0520. The lowest BCUT2D eigenvalue weighted by molar-refractivity contribution is -0.322. The Morgan fingerprint density at radius 1 is 0.984 bits per heavy atom. The molecule has 62 heavy (non-hydrogen) atoms. The molecule has 0 aromatic carbocycles. The third-order valence-corrected chi connectivity index (χ3v) is 13.2. The van der Waals surface area contributed by atoms with E-state index < -0.39 is 114 Å². The molecule has 3 rings (SSSR count). The van der Waals surface area contributed by atoms with Crippen LogP contribution >= 0.6 is 0 Å². The molecule has 0 aliphatic carbocycles. The first kappa shape index (κ1) is 53.3. The number of nitrogens with one attached hydrogen (secondary N) is 1. The number of aliphatic hydroxyl groups excluding tert-OH is 1. The highest BCUT2D eigenvalue weighted by Gasteiger charge is 2.55. The molecule has 0 radical (unpaired) electrons. The molecular weight excluding hydrogens is 810 g/mol. The lowest BCUT2D eigenvalue weighted by Gasteiger charge is -2.50. The zero-order valence-electron chi connectivity index (χ0n) is 39.5. The van der Waals surface area contributed by atoms with E-state index in [1.807, 2.05) is 46.7 Å². The standard InChI is InChI=1S/C44H75N3O15/c1-16-32-44(11,56-23-48)36(50)28(6)46-39(51)24(2)21-42(9,53-14)37(62-41-35(59-30(8)49)31(47(12)13)20-25(3)57-41)26(4)34(27(5)40(52)60-32)61-33-22-43(10,54-15)38(29(7)58-33)55-19-17-18-45/h23-29,31-38,41,50H,16-17,19-22H2,1-15H3,(H,46,51)/t24-,25-,26+,27-,28-,29+,31+,32-,33+,34+,35-,36-,37-,38?,41+,42-,43-,44-/m1/s1. The van der Waals surface area contributed by atoms with Gasteiger partial charge in [-0.05, 0) is 81.8 Å². The quantitative estimate of drug-likeness (QED) is 0.110. The van der Waals surface area contributed by atoms with Crippen molar-refractivity contribution in [1.29, 1.82) is 5.26 Å². The molecule has 0 saturated carbocycles. The maximum Gasteiger partial charge on any atom is 0.311 e. The number of carbonyl (C=O) groups is 4. The number of amides is 1. The summed E-state index contributed by atoms with van der Waals surface area (Å²) in [7, 11) is 6.81. The molecule has 356 valence electrons. The van der Waals surface area contributed by atoms with E-state index in [1.54, 1.807) is 41.7 Å². The normalized spacial score (nSPS) is 42.7. The first-order chi connectivity index (χ1) is 29.0. The van der Waals surface area contributed by atoms with Gasteiger partial charge in [0.15, 0.2) is 24.3 Å². The van der Waals surface area contributed by atoms with Crippen molar-refractivity contribution >= 4 is 24.3 Å². The van der Waals surface area contributed by atoms with Crippen LogP contribution in [0.15, 0.2) is 0 Å². The Kier molecular flexibility index (Phi) is 19.6. The third kappa shape index (κ3) is 12.4. The van der Waals surface area contributed by atoms with E-state index >= 15 is 0 Å². The van der Waals surface area contributed by atoms with Crippen LogP contribution in [0.4, 0.5) is 0 Å². The van der Waals surface area contributed by atoms with Gasteiger partial charge in [0.05, 0.1) is 72.7 Å². The predicted octanol–water partition coefficient (Wildman–Crippen LogP) is 3.43. The monoisotopic (exact) mass is 886 g/mol. The van der Waals surface area contributed by atoms with E-state index in [9.17, 15) is 24.3 Å². The van der Waals surface area contributed by atoms with Crippen LogP contribution in [0.3, 0.4) is 0 Å². The van der Waals surface area contributed by atoms with Crippen molar-refractivity contribution in [2.45, 2.75) is 199 Å². The van der Waals surface area contributed by atoms with Gasteiger partial charge in [0, 0.05) is 39.4 Å². The summed E-state index contributed by atoms with van der Waals surface area (Å²) in [5.41, 5.74) is -4.07. The summed E-state index contributed by atoms with van der Waals surface area (Å²) in [6.07, 6.45) is -8.31. The van der Waals surface area contributed by atoms with Crippen molar-refractivity contribution < 1.29 is 71.7 Å². The molecule has 3 saturated heterocycles. The number of likely N-dealkylation sites (N-methyl/N-ethyl adjacent to an activating group) is 1. The second-order valence-electron chi connectivity index (χ2n) is 18.2. The van der Waals surface area contributed by atoms with Gasteiger partial charge in [0.1, 0.15) is 18.3 Å². The molecule has 0 spiro atoms. The maximum absolute atomic E-state index is 14.6. The Morgan fingerprint density at radius 3 is 2.16 bits per heavy atom. The van der Waals surface area contributed by atoms with Gasteiger partial charge in [0.25, 0.3) is 6.47 Å². The molecule has 3 aliphatic heterocycles. The minimum atomic E-state index is -1.79. The fraction of sp³-hybridized carbons (Fsp3) is 0.886. The molecule has 1 amide bonds.